The van der Waals surface area contributed by atoms with Crippen molar-refractivity contribution in [3.63, 3.8) is 0 Å². The van der Waals surface area contributed by atoms with Crippen LogP contribution in [0.5, 0.6) is 0 Å². The van der Waals surface area contributed by atoms with Crippen molar-refractivity contribution in [2.45, 2.75) is 38.1 Å². The maximum Gasteiger partial charge on any atom is 0.491 e. The summed E-state index contributed by atoms with van der Waals surface area (Å²) >= 11 is 5.98. The minimum Gasteiger partial charge on any atom is -0.387 e. The fourth-order valence-electron chi connectivity index (χ4n) is 3.70. The van der Waals surface area contributed by atoms with Crippen LogP contribution in [0.25, 0.3) is 10.9 Å². The molecule has 3 rings (SSSR count). The molecule has 3 aromatic rings. The van der Waals surface area contributed by atoms with Gasteiger partial charge in [-0.1, -0.05) is 35.9 Å². The zero-order valence-electron chi connectivity index (χ0n) is 19.7. The van der Waals surface area contributed by atoms with Gasteiger partial charge in [0.1, 0.15) is 0 Å². The summed E-state index contributed by atoms with van der Waals surface area (Å²) in [6.45, 7) is 1.96. The summed E-state index contributed by atoms with van der Waals surface area (Å²) in [5.41, 5.74) is 2.46. The summed E-state index contributed by atoms with van der Waals surface area (Å²) < 4.78 is 40.1. The number of benzene rings is 2. The molecular formula is C25H25ClF3N3O5. The SMILES string of the molecule is C[C@H](Cc1c[nH]c2c(C(=O)NCCC(=O)OC(=O)C(F)(F)F)cccc12)NC[C@@H](O)c1cccc(Cl)c1. The lowest BCUT2D eigenvalue weighted by Crippen LogP contribution is -2.32. The van der Waals surface area contributed by atoms with Crippen LogP contribution in [0.4, 0.5) is 13.2 Å². The zero-order valence-corrected chi connectivity index (χ0v) is 20.4. The number of para-hydroxylation sites is 1. The Morgan fingerprint density at radius 2 is 1.89 bits per heavy atom. The van der Waals surface area contributed by atoms with Crippen LogP contribution in [0.3, 0.4) is 0 Å². The summed E-state index contributed by atoms with van der Waals surface area (Å²) in [7, 11) is 0. The van der Waals surface area contributed by atoms with E-state index in [9.17, 15) is 32.7 Å². The molecule has 2 aromatic carbocycles. The van der Waals surface area contributed by atoms with Gasteiger partial charge in [-0.2, -0.15) is 13.2 Å². The molecule has 0 saturated heterocycles. The van der Waals surface area contributed by atoms with E-state index < -0.39 is 36.5 Å². The molecule has 1 amide bonds. The van der Waals surface area contributed by atoms with Crippen molar-refractivity contribution in [3.05, 3.63) is 70.4 Å². The third-order valence-electron chi connectivity index (χ3n) is 5.52. The molecular weight excluding hydrogens is 515 g/mol. The predicted molar refractivity (Wildman–Crippen MR) is 130 cm³/mol. The smallest absolute Gasteiger partial charge is 0.387 e. The van der Waals surface area contributed by atoms with E-state index in [1.165, 1.54) is 0 Å². The second-order valence-electron chi connectivity index (χ2n) is 8.39. The Labute approximate surface area is 215 Å². The highest BCUT2D eigenvalue weighted by molar-refractivity contribution is 6.30. The number of aromatic amines is 1. The second kappa shape index (κ2) is 12.2. The standard InChI is InChI=1S/C25H25ClF3N3O5/c1-14(31-13-20(33)15-4-2-5-17(26)11-15)10-16-12-32-22-18(16)6-3-7-19(22)23(35)30-9-8-21(34)37-24(36)25(27,28)29/h2-7,11-12,14,20,31-33H,8-10,13H2,1H3,(H,30,35)/t14-,20-/m1/s1. The summed E-state index contributed by atoms with van der Waals surface area (Å²) in [4.78, 5) is 37.8. The molecule has 0 bridgehead atoms. The Morgan fingerprint density at radius 3 is 2.59 bits per heavy atom. The number of hydrogen-bond acceptors (Lipinski definition) is 6. The number of alkyl halides is 3. The van der Waals surface area contributed by atoms with E-state index in [0.29, 0.717) is 29.1 Å². The van der Waals surface area contributed by atoms with Gasteiger partial charge >= 0.3 is 18.1 Å². The van der Waals surface area contributed by atoms with E-state index in [4.69, 9.17) is 11.6 Å². The normalized spacial score (nSPS) is 13.2. The number of carbonyl (C=O) groups is 3. The van der Waals surface area contributed by atoms with Crippen LogP contribution in [0.1, 0.15) is 40.9 Å². The number of hydrogen-bond donors (Lipinski definition) is 4. The molecule has 12 heteroatoms. The van der Waals surface area contributed by atoms with Gasteiger partial charge in [0.15, 0.2) is 0 Å². The van der Waals surface area contributed by atoms with Gasteiger partial charge in [0.25, 0.3) is 5.91 Å². The molecule has 0 aliphatic rings. The van der Waals surface area contributed by atoms with Gasteiger partial charge in [-0.25, -0.2) is 4.79 Å². The van der Waals surface area contributed by atoms with E-state index in [-0.39, 0.29) is 18.2 Å². The molecule has 37 heavy (non-hydrogen) atoms. The van der Waals surface area contributed by atoms with Gasteiger partial charge in [-0.3, -0.25) is 9.59 Å². The van der Waals surface area contributed by atoms with Crippen molar-refractivity contribution in [2.75, 3.05) is 13.1 Å². The Kier molecular flexibility index (Phi) is 9.30. The lowest BCUT2D eigenvalue weighted by Gasteiger charge is -2.17. The third kappa shape index (κ3) is 7.78. The maximum atomic E-state index is 12.6. The molecule has 0 fully saturated rings. The van der Waals surface area contributed by atoms with Crippen LogP contribution in [0.15, 0.2) is 48.7 Å². The van der Waals surface area contributed by atoms with E-state index in [2.05, 4.69) is 20.4 Å². The van der Waals surface area contributed by atoms with Crippen molar-refractivity contribution >= 4 is 40.3 Å². The van der Waals surface area contributed by atoms with Gasteiger partial charge in [0, 0.05) is 35.7 Å². The molecule has 0 aliphatic carbocycles. The number of aromatic nitrogens is 1. The van der Waals surface area contributed by atoms with Gasteiger partial charge < -0.3 is 25.5 Å². The number of ether oxygens (including phenoxy) is 1. The summed E-state index contributed by atoms with van der Waals surface area (Å²) in [6.07, 6.45) is -4.25. The fraction of sp³-hybridized carbons (Fsp3) is 0.320. The predicted octanol–water partition coefficient (Wildman–Crippen LogP) is 3.83. The number of esters is 2. The first-order chi connectivity index (χ1) is 17.5. The van der Waals surface area contributed by atoms with Crippen molar-refractivity contribution in [1.82, 2.24) is 15.6 Å². The van der Waals surface area contributed by atoms with E-state index in [1.807, 2.05) is 13.0 Å². The van der Waals surface area contributed by atoms with E-state index in [1.54, 1.807) is 42.6 Å². The number of aliphatic hydroxyl groups is 1. The fourth-order valence-corrected chi connectivity index (χ4v) is 3.90. The van der Waals surface area contributed by atoms with Crippen LogP contribution in [0, 0.1) is 0 Å². The average Bonchev–Trinajstić information content (AvgIpc) is 3.24. The number of H-pyrrole nitrogens is 1. The third-order valence-corrected chi connectivity index (χ3v) is 5.75. The molecule has 198 valence electrons. The van der Waals surface area contributed by atoms with Crippen molar-refractivity contribution in [1.29, 1.82) is 0 Å². The minimum absolute atomic E-state index is 0.0178. The van der Waals surface area contributed by atoms with Gasteiger partial charge in [0.05, 0.1) is 23.6 Å². The quantitative estimate of drug-likeness (QED) is 0.230. The number of fused-ring (bicyclic) bond motifs is 1. The first-order valence-corrected chi connectivity index (χ1v) is 11.7. The maximum absolute atomic E-state index is 12.6. The highest BCUT2D eigenvalue weighted by Crippen LogP contribution is 2.24. The minimum atomic E-state index is -5.27. The zero-order chi connectivity index (χ0) is 27.2. The Hall–Kier alpha value is -3.41. The molecule has 0 aliphatic heterocycles. The summed E-state index contributed by atoms with van der Waals surface area (Å²) in [6, 6.07) is 12.1. The van der Waals surface area contributed by atoms with Crippen LogP contribution in [-0.4, -0.2) is 53.2 Å². The topological polar surface area (TPSA) is 121 Å². The molecule has 4 N–H and O–H groups in total. The van der Waals surface area contributed by atoms with Crippen LogP contribution in [0.2, 0.25) is 5.02 Å². The molecule has 0 saturated carbocycles. The van der Waals surface area contributed by atoms with Crippen LogP contribution >= 0.6 is 11.6 Å². The summed E-state index contributed by atoms with van der Waals surface area (Å²) in [5, 5.41) is 17.5. The first kappa shape index (κ1) is 28.2. The van der Waals surface area contributed by atoms with Crippen molar-refractivity contribution < 1.29 is 37.4 Å². The van der Waals surface area contributed by atoms with Crippen molar-refractivity contribution in [3.8, 4) is 0 Å². The van der Waals surface area contributed by atoms with Gasteiger partial charge in [-0.05, 0) is 42.7 Å². The average molecular weight is 540 g/mol. The Morgan fingerprint density at radius 1 is 1.16 bits per heavy atom. The monoisotopic (exact) mass is 539 g/mol. The first-order valence-electron chi connectivity index (χ1n) is 11.3. The Balaban J connectivity index is 1.55. The number of nitrogens with one attached hydrogen (secondary N) is 3. The number of carbonyl (C=O) groups excluding carboxylic acids is 3. The Bertz CT molecular complexity index is 1280. The highest BCUT2D eigenvalue weighted by atomic mass is 35.5. The number of rotatable bonds is 10. The van der Waals surface area contributed by atoms with Gasteiger partial charge in [-0.15, -0.1) is 0 Å². The lowest BCUT2D eigenvalue weighted by molar-refractivity contribution is -0.201. The second-order valence-corrected chi connectivity index (χ2v) is 8.83. The largest absolute Gasteiger partial charge is 0.491 e. The summed E-state index contributed by atoms with van der Waals surface area (Å²) in [5.74, 6) is -4.55. The van der Waals surface area contributed by atoms with E-state index >= 15 is 0 Å². The molecule has 1 aromatic heterocycles. The number of aliphatic hydroxyl groups excluding tert-OH is 1. The molecule has 1 heterocycles. The lowest BCUT2D eigenvalue weighted by atomic mass is 10.0. The van der Waals surface area contributed by atoms with Crippen LogP contribution < -0.4 is 10.6 Å². The molecule has 0 radical (unpaired) electrons. The van der Waals surface area contributed by atoms with Gasteiger partial charge in [0.2, 0.25) is 0 Å². The highest BCUT2D eigenvalue weighted by Gasteiger charge is 2.42. The molecule has 8 nitrogen and oxygen atoms in total. The molecule has 0 spiro atoms. The number of halogens is 4. The number of amides is 1. The molecule has 2 atom stereocenters. The van der Waals surface area contributed by atoms with E-state index in [0.717, 1.165) is 10.9 Å². The van der Waals surface area contributed by atoms with Crippen molar-refractivity contribution in [2.24, 2.45) is 0 Å². The van der Waals surface area contributed by atoms with Crippen LogP contribution in [-0.2, 0) is 20.7 Å². The molecule has 0 unspecified atom stereocenters.